The minimum Gasteiger partial charge on any atom is -0.496 e. The monoisotopic (exact) mass is 337 g/mol. The molecule has 0 radical (unpaired) electrons. The number of rotatable bonds is 6. The lowest BCUT2D eigenvalue weighted by molar-refractivity contribution is 0.412. The minimum absolute atomic E-state index is 0.537. The van der Waals surface area contributed by atoms with E-state index in [0.29, 0.717) is 17.8 Å². The van der Waals surface area contributed by atoms with Crippen molar-refractivity contribution in [2.45, 2.75) is 25.3 Å². The highest BCUT2D eigenvalue weighted by Gasteiger charge is 2.20. The second kappa shape index (κ2) is 5.93. The fourth-order valence-electron chi connectivity index (χ4n) is 1.94. The third-order valence-corrected chi connectivity index (χ3v) is 3.83. The van der Waals surface area contributed by atoms with Crippen LogP contribution in [0.15, 0.2) is 27.1 Å². The second-order valence-corrected chi connectivity index (χ2v) is 5.68. The molecule has 5 nitrogen and oxygen atoms in total. The van der Waals surface area contributed by atoms with Crippen LogP contribution in [0, 0.1) is 0 Å². The molecule has 0 saturated heterocycles. The van der Waals surface area contributed by atoms with E-state index in [1.807, 2.05) is 18.2 Å². The number of halogens is 1. The molecule has 1 aromatic heterocycles. The molecule has 1 heterocycles. The summed E-state index contributed by atoms with van der Waals surface area (Å²) in [6.45, 7) is 0.888. The van der Waals surface area contributed by atoms with Gasteiger partial charge < -0.3 is 14.5 Å². The highest BCUT2D eigenvalue weighted by molar-refractivity contribution is 9.10. The molecule has 2 aromatic rings. The van der Waals surface area contributed by atoms with Crippen molar-refractivity contribution in [3.05, 3.63) is 28.6 Å². The zero-order valence-corrected chi connectivity index (χ0v) is 12.8. The van der Waals surface area contributed by atoms with Crippen LogP contribution in [0.5, 0.6) is 5.75 Å². The first-order chi connectivity index (χ1) is 9.76. The van der Waals surface area contributed by atoms with Crippen molar-refractivity contribution in [2.24, 2.45) is 0 Å². The van der Waals surface area contributed by atoms with E-state index in [0.717, 1.165) is 28.8 Å². The summed E-state index contributed by atoms with van der Waals surface area (Å²) < 4.78 is 11.7. The van der Waals surface area contributed by atoms with Crippen LogP contribution in [-0.2, 0) is 6.42 Å². The number of methoxy groups -OCH3 is 1. The third-order valence-electron chi connectivity index (χ3n) is 3.21. The first-order valence-corrected chi connectivity index (χ1v) is 7.45. The maximum Gasteiger partial charge on any atom is 0.247 e. The SMILES string of the molecule is COc1ccc(-c2nnc(CCNC3CC3)o2)cc1Br. The van der Waals surface area contributed by atoms with Gasteiger partial charge in [-0.1, -0.05) is 0 Å². The van der Waals surface area contributed by atoms with Crippen LogP contribution >= 0.6 is 15.9 Å². The first kappa shape index (κ1) is 13.6. The van der Waals surface area contributed by atoms with Gasteiger partial charge in [-0.05, 0) is 47.0 Å². The van der Waals surface area contributed by atoms with Crippen molar-refractivity contribution in [3.63, 3.8) is 0 Å². The predicted octanol–water partition coefficient (Wildman–Crippen LogP) is 2.80. The maximum absolute atomic E-state index is 5.68. The Kier molecular flexibility index (Phi) is 4.03. The Hall–Kier alpha value is -1.40. The molecular formula is C14H16BrN3O2. The second-order valence-electron chi connectivity index (χ2n) is 4.83. The van der Waals surface area contributed by atoms with E-state index in [1.165, 1.54) is 12.8 Å². The lowest BCUT2D eigenvalue weighted by Crippen LogP contribution is -2.19. The molecule has 106 valence electrons. The highest BCUT2D eigenvalue weighted by Crippen LogP contribution is 2.29. The molecule has 1 saturated carbocycles. The van der Waals surface area contributed by atoms with Gasteiger partial charge in [-0.15, -0.1) is 10.2 Å². The lowest BCUT2D eigenvalue weighted by Gasteiger charge is -2.03. The minimum atomic E-state index is 0.537. The molecule has 3 rings (SSSR count). The Morgan fingerprint density at radius 3 is 2.95 bits per heavy atom. The molecule has 0 atom stereocenters. The van der Waals surface area contributed by atoms with Crippen LogP contribution in [0.2, 0.25) is 0 Å². The number of nitrogens with zero attached hydrogens (tertiary/aromatic N) is 2. The van der Waals surface area contributed by atoms with Gasteiger partial charge in [0.2, 0.25) is 11.8 Å². The third kappa shape index (κ3) is 3.19. The Labute approximate surface area is 125 Å². The van der Waals surface area contributed by atoms with Gasteiger partial charge in [0, 0.05) is 24.6 Å². The summed E-state index contributed by atoms with van der Waals surface area (Å²) in [7, 11) is 1.64. The lowest BCUT2D eigenvalue weighted by atomic mass is 10.2. The van der Waals surface area contributed by atoms with Crippen LogP contribution in [0.4, 0.5) is 0 Å². The van der Waals surface area contributed by atoms with Crippen molar-refractivity contribution >= 4 is 15.9 Å². The molecular weight excluding hydrogens is 322 g/mol. The molecule has 6 heteroatoms. The summed E-state index contributed by atoms with van der Waals surface area (Å²) in [5, 5.41) is 11.6. The number of benzene rings is 1. The fraction of sp³-hybridized carbons (Fsp3) is 0.429. The summed E-state index contributed by atoms with van der Waals surface area (Å²) in [5.74, 6) is 1.98. The Balaban J connectivity index is 1.67. The highest BCUT2D eigenvalue weighted by atomic mass is 79.9. The normalized spacial score (nSPS) is 14.5. The topological polar surface area (TPSA) is 60.2 Å². The Bertz CT molecular complexity index is 596. The number of hydrogen-bond donors (Lipinski definition) is 1. The van der Waals surface area contributed by atoms with E-state index in [2.05, 4.69) is 31.4 Å². The first-order valence-electron chi connectivity index (χ1n) is 6.66. The standard InChI is InChI=1S/C14H16BrN3O2/c1-19-12-5-2-9(8-11(12)15)14-18-17-13(20-14)6-7-16-10-3-4-10/h2,5,8,10,16H,3-4,6-7H2,1H3. The van der Waals surface area contributed by atoms with Crippen LogP contribution in [0.1, 0.15) is 18.7 Å². The summed E-state index contributed by atoms with van der Waals surface area (Å²) in [4.78, 5) is 0. The van der Waals surface area contributed by atoms with Gasteiger partial charge in [0.25, 0.3) is 0 Å². The smallest absolute Gasteiger partial charge is 0.247 e. The van der Waals surface area contributed by atoms with Crippen molar-refractivity contribution in [1.82, 2.24) is 15.5 Å². The molecule has 0 amide bonds. The van der Waals surface area contributed by atoms with Gasteiger partial charge in [0.05, 0.1) is 11.6 Å². The van der Waals surface area contributed by atoms with Gasteiger partial charge in [0.1, 0.15) is 5.75 Å². The molecule has 1 aliphatic rings. The summed E-state index contributed by atoms with van der Waals surface area (Å²) in [6, 6.07) is 6.40. The zero-order valence-electron chi connectivity index (χ0n) is 11.2. The molecule has 20 heavy (non-hydrogen) atoms. The number of hydrogen-bond acceptors (Lipinski definition) is 5. The summed E-state index contributed by atoms with van der Waals surface area (Å²) in [5.41, 5.74) is 0.881. The van der Waals surface area contributed by atoms with Crippen LogP contribution < -0.4 is 10.1 Å². The van der Waals surface area contributed by atoms with E-state index >= 15 is 0 Å². The van der Waals surface area contributed by atoms with Crippen LogP contribution in [0.3, 0.4) is 0 Å². The van der Waals surface area contributed by atoms with E-state index in [9.17, 15) is 0 Å². The van der Waals surface area contributed by atoms with Gasteiger partial charge in [-0.2, -0.15) is 0 Å². The van der Waals surface area contributed by atoms with E-state index in [-0.39, 0.29) is 0 Å². The molecule has 0 aliphatic heterocycles. The molecule has 1 N–H and O–H groups in total. The molecule has 0 unspecified atom stereocenters. The quantitative estimate of drug-likeness (QED) is 0.878. The van der Waals surface area contributed by atoms with Crippen LogP contribution in [0.25, 0.3) is 11.5 Å². The zero-order chi connectivity index (χ0) is 13.9. The molecule has 0 spiro atoms. The Morgan fingerprint density at radius 1 is 1.40 bits per heavy atom. The van der Waals surface area contributed by atoms with Gasteiger partial charge in [-0.25, -0.2) is 0 Å². The largest absolute Gasteiger partial charge is 0.496 e. The van der Waals surface area contributed by atoms with E-state index in [4.69, 9.17) is 9.15 Å². The summed E-state index contributed by atoms with van der Waals surface area (Å²) >= 11 is 3.45. The summed E-state index contributed by atoms with van der Waals surface area (Å²) in [6.07, 6.45) is 3.34. The molecule has 1 aliphatic carbocycles. The fourth-order valence-corrected chi connectivity index (χ4v) is 2.48. The van der Waals surface area contributed by atoms with Gasteiger partial charge in [0.15, 0.2) is 0 Å². The van der Waals surface area contributed by atoms with Gasteiger partial charge in [-0.3, -0.25) is 0 Å². The van der Waals surface area contributed by atoms with E-state index < -0.39 is 0 Å². The van der Waals surface area contributed by atoms with Gasteiger partial charge >= 0.3 is 0 Å². The van der Waals surface area contributed by atoms with Crippen LogP contribution in [-0.4, -0.2) is 29.9 Å². The molecule has 1 fully saturated rings. The average molecular weight is 338 g/mol. The predicted molar refractivity (Wildman–Crippen MR) is 78.7 cm³/mol. The average Bonchev–Trinajstić information content (AvgIpc) is 3.15. The maximum atomic E-state index is 5.68. The van der Waals surface area contributed by atoms with Crippen molar-refractivity contribution in [1.29, 1.82) is 0 Å². The van der Waals surface area contributed by atoms with Crippen molar-refractivity contribution in [3.8, 4) is 17.2 Å². The number of nitrogens with one attached hydrogen (secondary N) is 1. The Morgan fingerprint density at radius 2 is 2.25 bits per heavy atom. The van der Waals surface area contributed by atoms with Crippen molar-refractivity contribution < 1.29 is 9.15 Å². The molecule has 1 aromatic carbocycles. The van der Waals surface area contributed by atoms with E-state index in [1.54, 1.807) is 7.11 Å². The van der Waals surface area contributed by atoms with Crippen molar-refractivity contribution in [2.75, 3.05) is 13.7 Å². The molecule has 0 bridgehead atoms. The number of aromatic nitrogens is 2. The number of ether oxygens (including phenoxy) is 1.